The summed E-state index contributed by atoms with van der Waals surface area (Å²) < 4.78 is 26.1. The van der Waals surface area contributed by atoms with Crippen molar-refractivity contribution >= 4 is 11.6 Å². The second-order valence-electron chi connectivity index (χ2n) is 4.68. The molecular weight excluding hydrogens is 274 g/mol. The minimum absolute atomic E-state index is 0.0501. The smallest absolute Gasteiger partial charge is 0.224 e. The molecule has 2 aromatic carbocycles. The number of anilines is 1. The third-order valence-electron chi connectivity index (χ3n) is 3.02. The fourth-order valence-electron chi connectivity index (χ4n) is 1.93. The molecule has 0 spiro atoms. The van der Waals surface area contributed by atoms with Crippen molar-refractivity contribution in [2.75, 3.05) is 12.4 Å². The Kier molecular flexibility index (Phi) is 4.87. The molecule has 2 aromatic rings. The number of carbonyl (C=O) groups excluding carboxylic acids is 1. The molecule has 21 heavy (non-hydrogen) atoms. The van der Waals surface area contributed by atoms with Crippen LogP contribution in [0.25, 0.3) is 0 Å². The largest absolute Gasteiger partial charge is 0.381 e. The SMILES string of the molecule is CNC(=O)Cc1ccc(NCc2cc(F)cc(F)c2)cc1. The molecule has 3 nitrogen and oxygen atoms in total. The maximum atomic E-state index is 13.1. The topological polar surface area (TPSA) is 41.1 Å². The highest BCUT2D eigenvalue weighted by molar-refractivity contribution is 5.78. The van der Waals surface area contributed by atoms with E-state index in [1.165, 1.54) is 12.1 Å². The molecule has 1 amide bonds. The lowest BCUT2D eigenvalue weighted by Crippen LogP contribution is -2.19. The number of benzene rings is 2. The molecule has 5 heteroatoms. The number of likely N-dealkylation sites (N-methyl/N-ethyl adjacent to an activating group) is 1. The van der Waals surface area contributed by atoms with Crippen LogP contribution >= 0.6 is 0 Å². The maximum Gasteiger partial charge on any atom is 0.224 e. The Bertz CT molecular complexity index is 606. The third-order valence-corrected chi connectivity index (χ3v) is 3.02. The van der Waals surface area contributed by atoms with Crippen LogP contribution in [0.3, 0.4) is 0 Å². The van der Waals surface area contributed by atoms with E-state index in [4.69, 9.17) is 0 Å². The molecular formula is C16H16F2N2O. The van der Waals surface area contributed by atoms with Crippen LogP contribution in [-0.2, 0) is 17.8 Å². The molecule has 0 heterocycles. The highest BCUT2D eigenvalue weighted by Gasteiger charge is 2.02. The van der Waals surface area contributed by atoms with E-state index < -0.39 is 11.6 Å². The quantitative estimate of drug-likeness (QED) is 0.889. The van der Waals surface area contributed by atoms with Gasteiger partial charge in [-0.3, -0.25) is 4.79 Å². The number of nitrogens with one attached hydrogen (secondary N) is 2. The molecule has 0 radical (unpaired) electrons. The van der Waals surface area contributed by atoms with Gasteiger partial charge < -0.3 is 10.6 Å². The third kappa shape index (κ3) is 4.56. The van der Waals surface area contributed by atoms with Gasteiger partial charge in [0.05, 0.1) is 6.42 Å². The molecule has 0 aliphatic rings. The van der Waals surface area contributed by atoms with E-state index in [1.54, 1.807) is 7.05 Å². The lowest BCUT2D eigenvalue weighted by molar-refractivity contribution is -0.119. The summed E-state index contributed by atoms with van der Waals surface area (Å²) in [6, 6.07) is 10.7. The molecule has 0 saturated carbocycles. The standard InChI is InChI=1S/C16H16F2N2O/c1-19-16(21)8-11-2-4-15(5-3-11)20-10-12-6-13(17)9-14(18)7-12/h2-7,9,20H,8,10H2,1H3,(H,19,21). The van der Waals surface area contributed by atoms with E-state index in [1.807, 2.05) is 24.3 Å². The Balaban J connectivity index is 1.95. The molecule has 0 aliphatic carbocycles. The minimum Gasteiger partial charge on any atom is -0.381 e. The van der Waals surface area contributed by atoms with E-state index in [2.05, 4.69) is 10.6 Å². The first-order chi connectivity index (χ1) is 10.1. The molecule has 0 fully saturated rings. The first kappa shape index (κ1) is 15.0. The summed E-state index contributed by atoms with van der Waals surface area (Å²) in [6.45, 7) is 0.323. The van der Waals surface area contributed by atoms with Gasteiger partial charge in [0, 0.05) is 25.3 Å². The first-order valence-electron chi connectivity index (χ1n) is 6.55. The van der Waals surface area contributed by atoms with Crippen molar-refractivity contribution in [2.24, 2.45) is 0 Å². The van der Waals surface area contributed by atoms with Crippen molar-refractivity contribution in [1.82, 2.24) is 5.32 Å². The highest BCUT2D eigenvalue weighted by atomic mass is 19.1. The Labute approximate surface area is 122 Å². The fourth-order valence-corrected chi connectivity index (χ4v) is 1.93. The van der Waals surface area contributed by atoms with Gasteiger partial charge in [-0.15, -0.1) is 0 Å². The zero-order valence-electron chi connectivity index (χ0n) is 11.6. The van der Waals surface area contributed by atoms with E-state index in [0.717, 1.165) is 17.3 Å². The van der Waals surface area contributed by atoms with Gasteiger partial charge in [-0.05, 0) is 35.4 Å². The Morgan fingerprint density at radius 3 is 2.19 bits per heavy atom. The summed E-state index contributed by atoms with van der Waals surface area (Å²) in [7, 11) is 1.59. The van der Waals surface area contributed by atoms with Crippen molar-refractivity contribution in [2.45, 2.75) is 13.0 Å². The van der Waals surface area contributed by atoms with Crippen LogP contribution in [0.5, 0.6) is 0 Å². The van der Waals surface area contributed by atoms with E-state index in [0.29, 0.717) is 18.5 Å². The Morgan fingerprint density at radius 1 is 1.00 bits per heavy atom. The summed E-state index contributed by atoms with van der Waals surface area (Å²) >= 11 is 0. The molecule has 2 N–H and O–H groups in total. The zero-order valence-corrected chi connectivity index (χ0v) is 11.6. The number of rotatable bonds is 5. The first-order valence-corrected chi connectivity index (χ1v) is 6.55. The lowest BCUT2D eigenvalue weighted by atomic mass is 10.1. The molecule has 0 saturated heterocycles. The Hall–Kier alpha value is -2.43. The monoisotopic (exact) mass is 290 g/mol. The van der Waals surface area contributed by atoms with Crippen molar-refractivity contribution in [3.63, 3.8) is 0 Å². The summed E-state index contributed by atoms with van der Waals surface area (Å²) in [5.41, 5.74) is 2.25. The number of amides is 1. The zero-order chi connectivity index (χ0) is 15.2. The molecule has 0 bridgehead atoms. The summed E-state index contributed by atoms with van der Waals surface area (Å²) in [4.78, 5) is 11.2. The van der Waals surface area contributed by atoms with E-state index in [9.17, 15) is 13.6 Å². The van der Waals surface area contributed by atoms with E-state index in [-0.39, 0.29) is 5.91 Å². The van der Waals surface area contributed by atoms with Gasteiger partial charge in [0.15, 0.2) is 0 Å². The van der Waals surface area contributed by atoms with Crippen molar-refractivity contribution in [3.8, 4) is 0 Å². The Morgan fingerprint density at radius 2 is 1.62 bits per heavy atom. The average Bonchev–Trinajstić information content (AvgIpc) is 2.45. The second-order valence-corrected chi connectivity index (χ2v) is 4.68. The van der Waals surface area contributed by atoms with Gasteiger partial charge in [-0.25, -0.2) is 8.78 Å². The fraction of sp³-hybridized carbons (Fsp3) is 0.188. The van der Waals surface area contributed by atoms with Crippen molar-refractivity contribution < 1.29 is 13.6 Å². The van der Waals surface area contributed by atoms with Crippen molar-refractivity contribution in [1.29, 1.82) is 0 Å². The molecule has 0 atom stereocenters. The predicted molar refractivity (Wildman–Crippen MR) is 77.9 cm³/mol. The molecule has 2 rings (SSSR count). The number of hydrogen-bond acceptors (Lipinski definition) is 2. The second kappa shape index (κ2) is 6.83. The van der Waals surface area contributed by atoms with Gasteiger partial charge in [0.25, 0.3) is 0 Å². The van der Waals surface area contributed by atoms with Crippen LogP contribution in [0.15, 0.2) is 42.5 Å². The van der Waals surface area contributed by atoms with Gasteiger partial charge in [-0.2, -0.15) is 0 Å². The molecule has 0 aromatic heterocycles. The summed E-state index contributed by atoms with van der Waals surface area (Å²) in [5.74, 6) is -1.23. The lowest BCUT2D eigenvalue weighted by Gasteiger charge is -2.08. The van der Waals surface area contributed by atoms with Crippen LogP contribution < -0.4 is 10.6 Å². The molecule has 0 aliphatic heterocycles. The summed E-state index contributed by atoms with van der Waals surface area (Å²) in [6.07, 6.45) is 0.325. The normalized spacial score (nSPS) is 10.2. The number of carbonyl (C=O) groups is 1. The van der Waals surface area contributed by atoms with Gasteiger partial charge >= 0.3 is 0 Å². The van der Waals surface area contributed by atoms with Gasteiger partial charge in [0.2, 0.25) is 5.91 Å². The van der Waals surface area contributed by atoms with Crippen molar-refractivity contribution in [3.05, 3.63) is 65.2 Å². The van der Waals surface area contributed by atoms with Crippen LogP contribution in [0.4, 0.5) is 14.5 Å². The number of hydrogen-bond donors (Lipinski definition) is 2. The van der Waals surface area contributed by atoms with Crippen LogP contribution in [0.1, 0.15) is 11.1 Å². The van der Waals surface area contributed by atoms with Crippen LogP contribution in [-0.4, -0.2) is 13.0 Å². The molecule has 0 unspecified atom stereocenters. The predicted octanol–water partition coefficient (Wildman–Crippen LogP) is 2.87. The summed E-state index contributed by atoms with van der Waals surface area (Å²) in [5, 5.41) is 5.64. The average molecular weight is 290 g/mol. The minimum atomic E-state index is -0.590. The van der Waals surface area contributed by atoms with Gasteiger partial charge in [0.1, 0.15) is 11.6 Å². The maximum absolute atomic E-state index is 13.1. The van der Waals surface area contributed by atoms with Crippen LogP contribution in [0.2, 0.25) is 0 Å². The highest BCUT2D eigenvalue weighted by Crippen LogP contribution is 2.13. The molecule has 110 valence electrons. The van der Waals surface area contributed by atoms with Crippen LogP contribution in [0, 0.1) is 11.6 Å². The number of halogens is 2. The van der Waals surface area contributed by atoms with Gasteiger partial charge in [-0.1, -0.05) is 12.1 Å². The van der Waals surface area contributed by atoms with E-state index >= 15 is 0 Å².